The SMILES string of the molecule is CCOCC(C)NS(=O)(=O)c1cc(N)c(Br)cc1OC. The highest BCUT2D eigenvalue weighted by molar-refractivity contribution is 9.10. The van der Waals surface area contributed by atoms with Crippen LogP contribution in [-0.4, -0.2) is 34.8 Å². The van der Waals surface area contributed by atoms with Crippen molar-refractivity contribution in [3.63, 3.8) is 0 Å². The maximum absolute atomic E-state index is 12.3. The first kappa shape index (κ1) is 17.2. The van der Waals surface area contributed by atoms with E-state index >= 15 is 0 Å². The summed E-state index contributed by atoms with van der Waals surface area (Å²) in [6, 6.07) is 2.53. The third-order valence-corrected chi connectivity index (χ3v) is 4.80. The lowest BCUT2D eigenvalue weighted by atomic mass is 10.3. The van der Waals surface area contributed by atoms with Gasteiger partial charge in [-0.2, -0.15) is 0 Å². The lowest BCUT2D eigenvalue weighted by Gasteiger charge is -2.16. The van der Waals surface area contributed by atoms with Crippen LogP contribution in [0.1, 0.15) is 13.8 Å². The van der Waals surface area contributed by atoms with Gasteiger partial charge in [0.1, 0.15) is 10.6 Å². The number of anilines is 1. The number of hydrogen-bond acceptors (Lipinski definition) is 5. The van der Waals surface area contributed by atoms with Crippen LogP contribution in [-0.2, 0) is 14.8 Å². The van der Waals surface area contributed by atoms with Crippen molar-refractivity contribution in [3.05, 3.63) is 16.6 Å². The molecule has 20 heavy (non-hydrogen) atoms. The van der Waals surface area contributed by atoms with Gasteiger partial charge >= 0.3 is 0 Å². The molecule has 0 aliphatic heterocycles. The van der Waals surface area contributed by atoms with Crippen molar-refractivity contribution in [2.45, 2.75) is 24.8 Å². The molecule has 8 heteroatoms. The van der Waals surface area contributed by atoms with Gasteiger partial charge in [0.15, 0.2) is 0 Å². The molecule has 0 saturated heterocycles. The molecule has 3 N–H and O–H groups in total. The molecule has 0 amide bonds. The molecule has 0 radical (unpaired) electrons. The first-order chi connectivity index (χ1) is 9.31. The van der Waals surface area contributed by atoms with Gasteiger partial charge < -0.3 is 15.2 Å². The van der Waals surface area contributed by atoms with E-state index in [0.717, 1.165) is 0 Å². The zero-order valence-corrected chi connectivity index (χ0v) is 14.0. The predicted molar refractivity (Wildman–Crippen MR) is 81.4 cm³/mol. The number of benzene rings is 1. The largest absolute Gasteiger partial charge is 0.495 e. The highest BCUT2D eigenvalue weighted by Gasteiger charge is 2.23. The number of halogens is 1. The van der Waals surface area contributed by atoms with Gasteiger partial charge in [-0.1, -0.05) is 0 Å². The molecule has 0 bridgehead atoms. The summed E-state index contributed by atoms with van der Waals surface area (Å²) < 4.78 is 38.0. The lowest BCUT2D eigenvalue weighted by Crippen LogP contribution is -2.36. The van der Waals surface area contributed by atoms with Gasteiger partial charge in [0.25, 0.3) is 0 Å². The van der Waals surface area contributed by atoms with Crippen LogP contribution in [0.2, 0.25) is 0 Å². The van der Waals surface area contributed by atoms with Crippen LogP contribution in [0.25, 0.3) is 0 Å². The van der Waals surface area contributed by atoms with Crippen molar-refractivity contribution in [1.29, 1.82) is 0 Å². The normalized spacial score (nSPS) is 13.2. The Morgan fingerprint density at radius 1 is 1.45 bits per heavy atom. The molecule has 1 rings (SSSR count). The number of rotatable bonds is 7. The quantitative estimate of drug-likeness (QED) is 0.717. The van der Waals surface area contributed by atoms with Crippen LogP contribution in [0.15, 0.2) is 21.5 Å². The van der Waals surface area contributed by atoms with E-state index in [-0.39, 0.29) is 16.7 Å². The minimum absolute atomic E-state index is 0.00375. The fraction of sp³-hybridized carbons (Fsp3) is 0.500. The van der Waals surface area contributed by atoms with Gasteiger partial charge in [0, 0.05) is 22.8 Å². The summed E-state index contributed by atoms with van der Waals surface area (Å²) in [6.07, 6.45) is 0. The Kier molecular flexibility index (Phi) is 6.25. The summed E-state index contributed by atoms with van der Waals surface area (Å²) in [5.74, 6) is 0.224. The van der Waals surface area contributed by atoms with Gasteiger partial charge in [0.2, 0.25) is 10.0 Å². The van der Waals surface area contributed by atoms with E-state index in [2.05, 4.69) is 20.7 Å². The van der Waals surface area contributed by atoms with Crippen molar-refractivity contribution in [2.75, 3.05) is 26.1 Å². The summed E-state index contributed by atoms with van der Waals surface area (Å²) >= 11 is 3.23. The minimum atomic E-state index is -3.73. The Balaban J connectivity index is 3.06. The summed E-state index contributed by atoms with van der Waals surface area (Å²) in [5.41, 5.74) is 6.06. The number of nitrogens with two attached hydrogens (primary N) is 1. The third-order valence-electron chi connectivity index (χ3n) is 2.50. The Hall–Kier alpha value is -0.830. The van der Waals surface area contributed by atoms with Gasteiger partial charge in [-0.15, -0.1) is 0 Å². The van der Waals surface area contributed by atoms with Crippen LogP contribution in [0.5, 0.6) is 5.75 Å². The second kappa shape index (κ2) is 7.26. The van der Waals surface area contributed by atoms with Crippen LogP contribution in [0.4, 0.5) is 5.69 Å². The Labute approximate surface area is 127 Å². The molecule has 0 fully saturated rings. The molecule has 0 aliphatic rings. The van der Waals surface area contributed by atoms with Gasteiger partial charge in [-0.25, -0.2) is 13.1 Å². The molecule has 0 spiro atoms. The maximum Gasteiger partial charge on any atom is 0.244 e. The van der Waals surface area contributed by atoms with Crippen LogP contribution in [0, 0.1) is 0 Å². The number of nitrogen functional groups attached to an aromatic ring is 1. The van der Waals surface area contributed by atoms with Crippen LogP contribution < -0.4 is 15.2 Å². The molecule has 0 saturated carbocycles. The van der Waals surface area contributed by atoms with Crippen LogP contribution >= 0.6 is 15.9 Å². The molecule has 1 unspecified atom stereocenters. The molecule has 6 nitrogen and oxygen atoms in total. The van der Waals surface area contributed by atoms with Crippen LogP contribution in [0.3, 0.4) is 0 Å². The molecule has 114 valence electrons. The molecule has 1 atom stereocenters. The fourth-order valence-electron chi connectivity index (χ4n) is 1.58. The van der Waals surface area contributed by atoms with Gasteiger partial charge in [0.05, 0.1) is 13.7 Å². The maximum atomic E-state index is 12.3. The average molecular weight is 367 g/mol. The van der Waals surface area contributed by atoms with E-state index in [0.29, 0.717) is 23.4 Å². The lowest BCUT2D eigenvalue weighted by molar-refractivity contribution is 0.133. The predicted octanol–water partition coefficient (Wildman–Crippen LogP) is 1.74. The van der Waals surface area contributed by atoms with E-state index < -0.39 is 10.0 Å². The molecule has 0 aliphatic carbocycles. The summed E-state index contributed by atoms with van der Waals surface area (Å²) in [6.45, 7) is 4.40. The topological polar surface area (TPSA) is 90.7 Å². The fourth-order valence-corrected chi connectivity index (χ4v) is 3.31. The van der Waals surface area contributed by atoms with E-state index in [1.807, 2.05) is 6.92 Å². The molecule has 1 aromatic carbocycles. The summed E-state index contributed by atoms with van der Waals surface area (Å²) in [4.78, 5) is 0.00375. The monoisotopic (exact) mass is 366 g/mol. The van der Waals surface area contributed by atoms with E-state index in [1.54, 1.807) is 6.92 Å². The summed E-state index contributed by atoms with van der Waals surface area (Å²) in [7, 11) is -2.32. The van der Waals surface area contributed by atoms with E-state index in [4.69, 9.17) is 15.2 Å². The second-order valence-electron chi connectivity index (χ2n) is 4.21. The van der Waals surface area contributed by atoms with Crippen molar-refractivity contribution in [3.8, 4) is 5.75 Å². The molecular weight excluding hydrogens is 348 g/mol. The first-order valence-corrected chi connectivity index (χ1v) is 8.32. The van der Waals surface area contributed by atoms with Crippen molar-refractivity contribution < 1.29 is 17.9 Å². The number of hydrogen-bond donors (Lipinski definition) is 2. The average Bonchev–Trinajstić information content (AvgIpc) is 2.38. The highest BCUT2D eigenvalue weighted by Crippen LogP contribution is 2.32. The highest BCUT2D eigenvalue weighted by atomic mass is 79.9. The number of sulfonamides is 1. The number of methoxy groups -OCH3 is 1. The minimum Gasteiger partial charge on any atom is -0.495 e. The third kappa shape index (κ3) is 4.34. The zero-order valence-electron chi connectivity index (χ0n) is 11.6. The Morgan fingerprint density at radius 2 is 2.10 bits per heavy atom. The molecular formula is C12H19BrN2O4S. The smallest absolute Gasteiger partial charge is 0.244 e. The molecule has 1 aromatic rings. The Bertz CT molecular complexity index is 563. The van der Waals surface area contributed by atoms with Crippen molar-refractivity contribution in [2.24, 2.45) is 0 Å². The second-order valence-corrected chi connectivity index (χ2v) is 6.74. The van der Waals surface area contributed by atoms with Gasteiger partial charge in [-0.3, -0.25) is 0 Å². The molecule has 0 heterocycles. The zero-order chi connectivity index (χ0) is 15.3. The first-order valence-electron chi connectivity index (χ1n) is 6.05. The number of nitrogens with one attached hydrogen (secondary N) is 1. The summed E-state index contributed by atoms with van der Waals surface area (Å²) in [5, 5.41) is 0. The number of ether oxygens (including phenoxy) is 2. The molecule has 0 aromatic heterocycles. The van der Waals surface area contributed by atoms with Gasteiger partial charge in [-0.05, 0) is 41.9 Å². The standard InChI is InChI=1S/C12H19BrN2O4S/c1-4-19-7-8(2)15-20(16,17)12-6-10(14)9(13)5-11(12)18-3/h5-6,8,15H,4,7,14H2,1-3H3. The van der Waals surface area contributed by atoms with E-state index in [1.165, 1.54) is 19.2 Å². The Morgan fingerprint density at radius 3 is 2.65 bits per heavy atom. The van der Waals surface area contributed by atoms with Crippen molar-refractivity contribution in [1.82, 2.24) is 4.72 Å². The van der Waals surface area contributed by atoms with E-state index in [9.17, 15) is 8.42 Å². The van der Waals surface area contributed by atoms with Crippen molar-refractivity contribution >= 4 is 31.6 Å².